The van der Waals surface area contributed by atoms with Crippen LogP contribution in [-0.4, -0.2) is 22.2 Å². The Morgan fingerprint density at radius 2 is 1.96 bits per heavy atom. The highest BCUT2D eigenvalue weighted by molar-refractivity contribution is 7.13. The Morgan fingerprint density at radius 1 is 1.16 bits per heavy atom. The van der Waals surface area contributed by atoms with Gasteiger partial charge in [0.25, 0.3) is 5.56 Å². The molecule has 0 radical (unpaired) electrons. The van der Waals surface area contributed by atoms with Crippen molar-refractivity contribution in [2.24, 2.45) is 0 Å². The first-order valence-electron chi connectivity index (χ1n) is 8.10. The molecular formula is C19H19N3O2S. The minimum atomic E-state index is -0.233. The quantitative estimate of drug-likeness (QED) is 0.741. The fourth-order valence-electron chi connectivity index (χ4n) is 2.50. The molecule has 0 saturated heterocycles. The van der Waals surface area contributed by atoms with E-state index in [0.717, 1.165) is 16.1 Å². The Bertz CT molecular complexity index is 889. The maximum absolute atomic E-state index is 12.3. The molecule has 1 aromatic carbocycles. The maximum Gasteiger partial charge on any atom is 0.266 e. The second-order valence-electron chi connectivity index (χ2n) is 5.68. The van der Waals surface area contributed by atoms with Crippen LogP contribution in [0.4, 0.5) is 0 Å². The molecule has 0 aliphatic carbocycles. The van der Waals surface area contributed by atoms with Gasteiger partial charge in [-0.3, -0.25) is 9.59 Å². The van der Waals surface area contributed by atoms with Crippen molar-refractivity contribution >= 4 is 17.2 Å². The Morgan fingerprint density at radius 3 is 2.68 bits per heavy atom. The summed E-state index contributed by atoms with van der Waals surface area (Å²) in [5.41, 5.74) is 1.55. The van der Waals surface area contributed by atoms with E-state index in [4.69, 9.17) is 0 Å². The molecule has 0 spiro atoms. The molecule has 0 fully saturated rings. The summed E-state index contributed by atoms with van der Waals surface area (Å²) in [5.74, 6) is -0.294. The SMILES string of the molecule is C[C@@H](C(=O)NCCn1nc(-c2cccs2)ccc1=O)c1ccccc1. The van der Waals surface area contributed by atoms with E-state index in [0.29, 0.717) is 13.1 Å². The highest BCUT2D eigenvalue weighted by atomic mass is 32.1. The second-order valence-corrected chi connectivity index (χ2v) is 6.63. The molecule has 0 unspecified atom stereocenters. The number of nitrogens with one attached hydrogen (secondary N) is 1. The van der Waals surface area contributed by atoms with Gasteiger partial charge >= 0.3 is 0 Å². The van der Waals surface area contributed by atoms with Crippen molar-refractivity contribution in [3.8, 4) is 10.6 Å². The van der Waals surface area contributed by atoms with Crippen molar-refractivity contribution in [1.29, 1.82) is 0 Å². The van der Waals surface area contributed by atoms with Crippen LogP contribution >= 0.6 is 11.3 Å². The zero-order chi connectivity index (χ0) is 17.6. The fraction of sp³-hybridized carbons (Fsp3) is 0.211. The first kappa shape index (κ1) is 17.1. The molecule has 5 nitrogen and oxygen atoms in total. The van der Waals surface area contributed by atoms with E-state index in [1.807, 2.05) is 54.8 Å². The third-order valence-corrected chi connectivity index (χ3v) is 4.85. The highest BCUT2D eigenvalue weighted by Crippen LogP contribution is 2.21. The van der Waals surface area contributed by atoms with Crippen molar-refractivity contribution in [2.45, 2.75) is 19.4 Å². The average Bonchev–Trinajstić information content (AvgIpc) is 3.18. The van der Waals surface area contributed by atoms with Gasteiger partial charge in [0.2, 0.25) is 5.91 Å². The Labute approximate surface area is 150 Å². The van der Waals surface area contributed by atoms with Crippen LogP contribution in [0.2, 0.25) is 0 Å². The number of rotatable bonds is 6. The number of hydrogen-bond donors (Lipinski definition) is 1. The van der Waals surface area contributed by atoms with Gasteiger partial charge in [-0.1, -0.05) is 36.4 Å². The number of benzene rings is 1. The van der Waals surface area contributed by atoms with E-state index in [9.17, 15) is 9.59 Å². The van der Waals surface area contributed by atoms with Crippen molar-refractivity contribution in [3.05, 3.63) is 75.9 Å². The number of amides is 1. The third-order valence-electron chi connectivity index (χ3n) is 3.96. The lowest BCUT2D eigenvalue weighted by Gasteiger charge is -2.13. The summed E-state index contributed by atoms with van der Waals surface area (Å²) >= 11 is 1.57. The van der Waals surface area contributed by atoms with Crippen LogP contribution in [0, 0.1) is 0 Å². The van der Waals surface area contributed by atoms with Gasteiger partial charge in [0.1, 0.15) is 5.69 Å². The predicted octanol–water partition coefficient (Wildman–Crippen LogP) is 2.89. The van der Waals surface area contributed by atoms with Crippen molar-refractivity contribution < 1.29 is 4.79 Å². The van der Waals surface area contributed by atoms with Crippen LogP contribution in [0.1, 0.15) is 18.4 Å². The summed E-state index contributed by atoms with van der Waals surface area (Å²) in [6, 6.07) is 16.8. The highest BCUT2D eigenvalue weighted by Gasteiger charge is 2.14. The van der Waals surface area contributed by atoms with E-state index in [1.54, 1.807) is 17.4 Å². The van der Waals surface area contributed by atoms with Crippen molar-refractivity contribution in [3.63, 3.8) is 0 Å². The lowest BCUT2D eigenvalue weighted by Crippen LogP contribution is -2.34. The molecule has 6 heteroatoms. The number of carbonyl (C=O) groups excluding carboxylic acids is 1. The van der Waals surface area contributed by atoms with E-state index in [2.05, 4.69) is 10.4 Å². The van der Waals surface area contributed by atoms with Gasteiger partial charge in [-0.15, -0.1) is 11.3 Å². The largest absolute Gasteiger partial charge is 0.354 e. The van der Waals surface area contributed by atoms with Crippen LogP contribution in [0.25, 0.3) is 10.6 Å². The van der Waals surface area contributed by atoms with Crippen LogP contribution in [0.3, 0.4) is 0 Å². The molecular weight excluding hydrogens is 334 g/mol. The van der Waals surface area contributed by atoms with Gasteiger partial charge in [-0.25, -0.2) is 4.68 Å². The van der Waals surface area contributed by atoms with Gasteiger partial charge in [-0.2, -0.15) is 5.10 Å². The van der Waals surface area contributed by atoms with Crippen LogP contribution in [0.15, 0.2) is 64.8 Å². The molecule has 3 rings (SSSR count). The average molecular weight is 353 g/mol. The smallest absolute Gasteiger partial charge is 0.266 e. The third kappa shape index (κ3) is 4.22. The Hall–Kier alpha value is -2.73. The molecule has 1 amide bonds. The monoisotopic (exact) mass is 353 g/mol. The lowest BCUT2D eigenvalue weighted by molar-refractivity contribution is -0.122. The predicted molar refractivity (Wildman–Crippen MR) is 99.7 cm³/mol. The molecule has 0 aliphatic rings. The first-order valence-corrected chi connectivity index (χ1v) is 8.98. The Kier molecular flexibility index (Phi) is 5.40. The van der Waals surface area contributed by atoms with Crippen LogP contribution in [0.5, 0.6) is 0 Å². The topological polar surface area (TPSA) is 64.0 Å². The van der Waals surface area contributed by atoms with Crippen LogP contribution in [-0.2, 0) is 11.3 Å². The summed E-state index contributed by atoms with van der Waals surface area (Å²) in [7, 11) is 0. The molecule has 0 bridgehead atoms. The molecule has 25 heavy (non-hydrogen) atoms. The number of thiophene rings is 1. The summed E-state index contributed by atoms with van der Waals surface area (Å²) in [6.45, 7) is 2.56. The molecule has 2 aromatic heterocycles. The number of carbonyl (C=O) groups is 1. The van der Waals surface area contributed by atoms with Crippen molar-refractivity contribution in [2.75, 3.05) is 6.54 Å². The molecule has 2 heterocycles. The lowest BCUT2D eigenvalue weighted by atomic mass is 10.0. The summed E-state index contributed by atoms with van der Waals surface area (Å²) in [6.07, 6.45) is 0. The number of nitrogens with zero attached hydrogens (tertiary/aromatic N) is 2. The van der Waals surface area contributed by atoms with E-state index < -0.39 is 0 Å². The van der Waals surface area contributed by atoms with Gasteiger partial charge < -0.3 is 5.32 Å². The number of aromatic nitrogens is 2. The zero-order valence-corrected chi connectivity index (χ0v) is 14.7. The molecule has 1 atom stereocenters. The first-order chi connectivity index (χ1) is 12.1. The summed E-state index contributed by atoms with van der Waals surface area (Å²) in [5, 5.41) is 9.22. The fourth-order valence-corrected chi connectivity index (χ4v) is 3.19. The standard InChI is InChI=1S/C19H19N3O2S/c1-14(15-6-3-2-4-7-15)19(24)20-11-12-22-18(23)10-9-16(21-22)17-8-5-13-25-17/h2-10,13-14H,11-12H2,1H3,(H,20,24)/t14-/m1/s1. The molecule has 0 saturated carbocycles. The van der Waals surface area contributed by atoms with Gasteiger partial charge in [-0.05, 0) is 30.0 Å². The minimum absolute atomic E-state index is 0.0614. The van der Waals surface area contributed by atoms with E-state index >= 15 is 0 Å². The van der Waals surface area contributed by atoms with Gasteiger partial charge in [0, 0.05) is 12.6 Å². The maximum atomic E-state index is 12.3. The summed E-state index contributed by atoms with van der Waals surface area (Å²) < 4.78 is 1.39. The van der Waals surface area contributed by atoms with Gasteiger partial charge in [0.05, 0.1) is 17.3 Å². The zero-order valence-electron chi connectivity index (χ0n) is 13.9. The van der Waals surface area contributed by atoms with Gasteiger partial charge in [0.15, 0.2) is 0 Å². The molecule has 3 aromatic rings. The molecule has 0 aliphatic heterocycles. The normalized spacial score (nSPS) is 11.9. The summed E-state index contributed by atoms with van der Waals surface area (Å²) in [4.78, 5) is 25.2. The second kappa shape index (κ2) is 7.90. The van der Waals surface area contributed by atoms with Crippen molar-refractivity contribution in [1.82, 2.24) is 15.1 Å². The molecule has 128 valence electrons. The number of hydrogen-bond acceptors (Lipinski definition) is 4. The Balaban J connectivity index is 1.61. The molecule has 1 N–H and O–H groups in total. The van der Waals surface area contributed by atoms with Crippen LogP contribution < -0.4 is 10.9 Å². The van der Waals surface area contributed by atoms with E-state index in [-0.39, 0.29) is 17.4 Å². The minimum Gasteiger partial charge on any atom is -0.354 e. The van der Waals surface area contributed by atoms with E-state index in [1.165, 1.54) is 10.7 Å².